The van der Waals surface area contributed by atoms with E-state index in [9.17, 15) is 0 Å². The van der Waals surface area contributed by atoms with Gasteiger partial charge < -0.3 is 14.8 Å². The van der Waals surface area contributed by atoms with E-state index in [2.05, 4.69) is 12.2 Å². The summed E-state index contributed by atoms with van der Waals surface area (Å²) in [4.78, 5) is 0. The molecule has 0 radical (unpaired) electrons. The summed E-state index contributed by atoms with van der Waals surface area (Å²) in [7, 11) is 3.66. The summed E-state index contributed by atoms with van der Waals surface area (Å²) in [6.45, 7) is 3.51. The molecule has 0 saturated heterocycles. The van der Waals surface area contributed by atoms with Crippen LogP contribution in [0.25, 0.3) is 0 Å². The van der Waals surface area contributed by atoms with Crippen molar-refractivity contribution < 1.29 is 9.47 Å². The molecule has 1 atom stereocenters. The molecule has 1 rings (SSSR count). The highest BCUT2D eigenvalue weighted by Crippen LogP contribution is 2.14. The van der Waals surface area contributed by atoms with Crippen molar-refractivity contribution in [3.63, 3.8) is 0 Å². The summed E-state index contributed by atoms with van der Waals surface area (Å²) in [6.07, 6.45) is 1.00. The Morgan fingerprint density at radius 2 is 2.19 bits per heavy atom. The quantitative estimate of drug-likeness (QED) is 0.768. The van der Waals surface area contributed by atoms with E-state index in [1.165, 1.54) is 0 Å². The monoisotopic (exact) mass is 223 g/mol. The van der Waals surface area contributed by atoms with Gasteiger partial charge in [-0.05, 0) is 38.1 Å². The van der Waals surface area contributed by atoms with E-state index < -0.39 is 0 Å². The molecule has 0 aliphatic rings. The van der Waals surface area contributed by atoms with Crippen molar-refractivity contribution in [1.82, 2.24) is 5.32 Å². The van der Waals surface area contributed by atoms with Gasteiger partial charge in [0.25, 0.3) is 0 Å². The molecule has 0 aromatic heterocycles. The van der Waals surface area contributed by atoms with Crippen LogP contribution in [0.3, 0.4) is 0 Å². The predicted octanol–water partition coefficient (Wildman–Crippen LogP) is 2.21. The molecule has 1 N–H and O–H groups in total. The number of ether oxygens (including phenoxy) is 2. The van der Waals surface area contributed by atoms with Crippen molar-refractivity contribution in [1.29, 1.82) is 0 Å². The van der Waals surface area contributed by atoms with Gasteiger partial charge >= 0.3 is 0 Å². The molecule has 0 bridgehead atoms. The van der Waals surface area contributed by atoms with Crippen molar-refractivity contribution in [3.8, 4) is 5.75 Å². The van der Waals surface area contributed by atoms with Crippen LogP contribution in [0.1, 0.15) is 18.9 Å². The van der Waals surface area contributed by atoms with E-state index in [0.717, 1.165) is 24.3 Å². The Kier molecular flexibility index (Phi) is 5.90. The van der Waals surface area contributed by atoms with Gasteiger partial charge in [-0.2, -0.15) is 0 Å². The second-order valence-electron chi connectivity index (χ2n) is 3.91. The largest absolute Gasteiger partial charge is 0.494 e. The van der Waals surface area contributed by atoms with Gasteiger partial charge in [-0.25, -0.2) is 0 Å². The fourth-order valence-corrected chi connectivity index (χ4v) is 1.39. The van der Waals surface area contributed by atoms with Crippen molar-refractivity contribution >= 4 is 0 Å². The lowest BCUT2D eigenvalue weighted by Gasteiger charge is -2.11. The predicted molar refractivity (Wildman–Crippen MR) is 65.8 cm³/mol. The highest BCUT2D eigenvalue weighted by atomic mass is 16.5. The number of nitrogens with one attached hydrogen (secondary N) is 1. The van der Waals surface area contributed by atoms with E-state index >= 15 is 0 Å². The van der Waals surface area contributed by atoms with Crippen LogP contribution in [-0.2, 0) is 11.3 Å². The molecule has 0 aliphatic heterocycles. The van der Waals surface area contributed by atoms with Crippen LogP contribution in [0.2, 0.25) is 0 Å². The molecular formula is C13H21NO2. The lowest BCUT2D eigenvalue weighted by atomic mass is 10.2. The number of benzene rings is 1. The molecule has 1 unspecified atom stereocenters. The van der Waals surface area contributed by atoms with Gasteiger partial charge in [-0.1, -0.05) is 12.1 Å². The van der Waals surface area contributed by atoms with Gasteiger partial charge in [0.15, 0.2) is 0 Å². The SMILES string of the molecule is CNC(C)CCOc1cccc(COC)c1. The smallest absolute Gasteiger partial charge is 0.119 e. The summed E-state index contributed by atoms with van der Waals surface area (Å²) in [5.74, 6) is 0.915. The average Bonchev–Trinajstić information content (AvgIpc) is 2.30. The van der Waals surface area contributed by atoms with Gasteiger partial charge in [-0.3, -0.25) is 0 Å². The Labute approximate surface area is 97.8 Å². The van der Waals surface area contributed by atoms with Crippen molar-refractivity contribution in [2.75, 3.05) is 20.8 Å². The maximum atomic E-state index is 5.67. The topological polar surface area (TPSA) is 30.5 Å². The van der Waals surface area contributed by atoms with Crippen LogP contribution in [-0.4, -0.2) is 26.8 Å². The minimum Gasteiger partial charge on any atom is -0.494 e. The van der Waals surface area contributed by atoms with Crippen LogP contribution in [0.15, 0.2) is 24.3 Å². The zero-order valence-electron chi connectivity index (χ0n) is 10.3. The zero-order valence-corrected chi connectivity index (χ0v) is 10.3. The molecule has 90 valence electrons. The molecule has 0 spiro atoms. The molecular weight excluding hydrogens is 202 g/mol. The van der Waals surface area contributed by atoms with Crippen molar-refractivity contribution in [2.24, 2.45) is 0 Å². The van der Waals surface area contributed by atoms with Crippen LogP contribution in [0.5, 0.6) is 5.75 Å². The Bertz CT molecular complexity index is 302. The van der Waals surface area contributed by atoms with Crippen molar-refractivity contribution in [3.05, 3.63) is 29.8 Å². The molecule has 0 saturated carbocycles. The Morgan fingerprint density at radius 3 is 2.88 bits per heavy atom. The number of rotatable bonds is 7. The fraction of sp³-hybridized carbons (Fsp3) is 0.538. The third kappa shape index (κ3) is 4.64. The van der Waals surface area contributed by atoms with Gasteiger partial charge in [-0.15, -0.1) is 0 Å². The first kappa shape index (κ1) is 13.0. The number of hydrogen-bond acceptors (Lipinski definition) is 3. The molecule has 0 amide bonds. The highest BCUT2D eigenvalue weighted by Gasteiger charge is 2.00. The third-order valence-electron chi connectivity index (χ3n) is 2.52. The average molecular weight is 223 g/mol. The lowest BCUT2D eigenvalue weighted by Crippen LogP contribution is -2.23. The number of methoxy groups -OCH3 is 1. The summed E-state index contributed by atoms with van der Waals surface area (Å²) >= 11 is 0. The summed E-state index contributed by atoms with van der Waals surface area (Å²) in [6, 6.07) is 8.51. The maximum absolute atomic E-state index is 5.67. The standard InChI is InChI=1S/C13H21NO2/c1-11(14-2)7-8-16-13-6-4-5-12(9-13)10-15-3/h4-6,9,11,14H,7-8,10H2,1-3H3. The van der Waals surface area contributed by atoms with Gasteiger partial charge in [0, 0.05) is 13.2 Å². The first-order valence-electron chi connectivity index (χ1n) is 5.64. The normalized spacial score (nSPS) is 12.4. The molecule has 1 aromatic rings. The first-order valence-corrected chi connectivity index (χ1v) is 5.64. The molecule has 3 heteroatoms. The summed E-state index contributed by atoms with van der Waals surface area (Å²) in [5, 5.41) is 3.18. The van der Waals surface area contributed by atoms with Gasteiger partial charge in [0.05, 0.1) is 13.2 Å². The molecule has 1 aromatic carbocycles. The van der Waals surface area contributed by atoms with Crippen LogP contribution in [0.4, 0.5) is 0 Å². The number of hydrogen-bond donors (Lipinski definition) is 1. The molecule has 0 aliphatic carbocycles. The Balaban J connectivity index is 2.38. The van der Waals surface area contributed by atoms with E-state index in [1.807, 2.05) is 31.3 Å². The minimum absolute atomic E-state index is 0.488. The fourth-order valence-electron chi connectivity index (χ4n) is 1.39. The lowest BCUT2D eigenvalue weighted by molar-refractivity contribution is 0.184. The van der Waals surface area contributed by atoms with Gasteiger partial charge in [0.1, 0.15) is 5.75 Å². The maximum Gasteiger partial charge on any atom is 0.119 e. The summed E-state index contributed by atoms with van der Waals surface area (Å²) < 4.78 is 10.7. The zero-order chi connectivity index (χ0) is 11.8. The summed E-state index contributed by atoms with van der Waals surface area (Å²) in [5.41, 5.74) is 1.14. The molecule has 0 fully saturated rings. The van der Waals surface area contributed by atoms with E-state index in [4.69, 9.17) is 9.47 Å². The van der Waals surface area contributed by atoms with E-state index in [1.54, 1.807) is 7.11 Å². The molecule has 16 heavy (non-hydrogen) atoms. The molecule has 0 heterocycles. The van der Waals surface area contributed by atoms with Crippen LogP contribution >= 0.6 is 0 Å². The third-order valence-corrected chi connectivity index (χ3v) is 2.52. The Morgan fingerprint density at radius 1 is 1.38 bits per heavy atom. The van der Waals surface area contributed by atoms with Crippen molar-refractivity contribution in [2.45, 2.75) is 26.0 Å². The minimum atomic E-state index is 0.488. The Hall–Kier alpha value is -1.06. The van der Waals surface area contributed by atoms with E-state index in [-0.39, 0.29) is 0 Å². The second-order valence-corrected chi connectivity index (χ2v) is 3.91. The first-order chi connectivity index (χ1) is 7.76. The van der Waals surface area contributed by atoms with Gasteiger partial charge in [0.2, 0.25) is 0 Å². The van der Waals surface area contributed by atoms with Crippen LogP contribution in [0, 0.1) is 0 Å². The molecule has 3 nitrogen and oxygen atoms in total. The van der Waals surface area contributed by atoms with E-state index in [0.29, 0.717) is 12.6 Å². The van der Waals surface area contributed by atoms with Crippen LogP contribution < -0.4 is 10.1 Å². The highest BCUT2D eigenvalue weighted by molar-refractivity contribution is 5.28. The second kappa shape index (κ2) is 7.25.